The summed E-state index contributed by atoms with van der Waals surface area (Å²) in [5.41, 5.74) is 3.87. The number of anilines is 1. The number of fused-ring (bicyclic) bond motifs is 2. The van der Waals surface area contributed by atoms with E-state index in [9.17, 15) is 4.79 Å². The summed E-state index contributed by atoms with van der Waals surface area (Å²) in [5, 5.41) is -0.529. The highest BCUT2D eigenvalue weighted by molar-refractivity contribution is 8.00. The molecule has 4 aromatic rings. The summed E-state index contributed by atoms with van der Waals surface area (Å²) in [6.07, 6.45) is 1.05. The van der Waals surface area contributed by atoms with Gasteiger partial charge in [0, 0.05) is 50.5 Å². The quantitative estimate of drug-likeness (QED) is 0.110. The van der Waals surface area contributed by atoms with Gasteiger partial charge in [0.25, 0.3) is 0 Å². The van der Waals surface area contributed by atoms with Crippen LogP contribution in [-0.2, 0) is 42.4 Å². The van der Waals surface area contributed by atoms with E-state index in [2.05, 4.69) is 46.2 Å². The number of benzene rings is 4. The third-order valence-electron chi connectivity index (χ3n) is 10.8. The molecule has 53 heavy (non-hydrogen) atoms. The highest BCUT2D eigenvalue weighted by Crippen LogP contribution is 2.64. The fraction of sp³-hybridized carbons (Fsp3) is 0.349. The van der Waals surface area contributed by atoms with Crippen LogP contribution in [0.3, 0.4) is 0 Å². The van der Waals surface area contributed by atoms with Crippen LogP contribution < -0.4 is 14.4 Å². The summed E-state index contributed by atoms with van der Waals surface area (Å²) in [7, 11) is 3.31. The fourth-order valence-corrected chi connectivity index (χ4v) is 10.1. The van der Waals surface area contributed by atoms with Gasteiger partial charge in [-0.25, -0.2) is 4.79 Å². The lowest BCUT2D eigenvalue weighted by Gasteiger charge is -2.50. The zero-order valence-electron chi connectivity index (χ0n) is 30.5. The number of carbonyl (C=O) groups excluding carboxylic acids is 2. The first-order valence-corrected chi connectivity index (χ1v) is 19.0. The van der Waals surface area contributed by atoms with E-state index < -0.39 is 28.5 Å². The van der Waals surface area contributed by atoms with Crippen LogP contribution in [0.5, 0.6) is 11.5 Å². The van der Waals surface area contributed by atoms with Gasteiger partial charge in [0.05, 0.1) is 43.9 Å². The number of hydrogen-bond donors (Lipinski definition) is 0. The van der Waals surface area contributed by atoms with Gasteiger partial charge in [-0.2, -0.15) is 0 Å². The number of nitrogens with zero attached hydrogens (tertiary/aromatic N) is 2. The standard InChI is InChI=1S/C43H44N2O7S/c1-42(2)51-35-25-36-43(33-13-8-9-14-34(33)45(38(43)37(35)41(47)52-42)26-28-15-19-30(48-3)20-16-28)39(53-32-11-6-5-7-12-32)40(46)44(36)23-10-24-50-27-29-17-21-31(49-4)22-18-29/h5-9,11-22,36,38-39H,10,23-27H2,1-4H3/t36-,38-,39-,43+/m0/s1. The number of amides is 1. The molecule has 9 nitrogen and oxygen atoms in total. The van der Waals surface area contributed by atoms with Crippen molar-refractivity contribution in [2.45, 2.75) is 73.3 Å². The second-order valence-corrected chi connectivity index (χ2v) is 15.6. The van der Waals surface area contributed by atoms with E-state index in [0.29, 0.717) is 50.5 Å². The molecule has 0 radical (unpaired) electrons. The van der Waals surface area contributed by atoms with Crippen molar-refractivity contribution in [3.05, 3.63) is 131 Å². The minimum absolute atomic E-state index is 0.0533. The van der Waals surface area contributed by atoms with Crippen molar-refractivity contribution in [3.8, 4) is 11.5 Å². The highest BCUT2D eigenvalue weighted by atomic mass is 32.2. The molecular weight excluding hydrogens is 689 g/mol. The van der Waals surface area contributed by atoms with Crippen molar-refractivity contribution in [2.75, 3.05) is 32.3 Å². The molecule has 1 aliphatic carbocycles. The van der Waals surface area contributed by atoms with Crippen LogP contribution in [0, 0.1) is 0 Å². The Bertz CT molecular complexity index is 2020. The van der Waals surface area contributed by atoms with E-state index in [1.807, 2.05) is 66.7 Å². The molecule has 0 N–H and O–H groups in total. The first kappa shape index (κ1) is 35.1. The van der Waals surface area contributed by atoms with Crippen LogP contribution in [0.2, 0.25) is 0 Å². The van der Waals surface area contributed by atoms with Gasteiger partial charge in [0.2, 0.25) is 11.7 Å². The number of rotatable bonds is 12. The molecule has 10 heteroatoms. The normalized spacial score (nSPS) is 23.8. The third-order valence-corrected chi connectivity index (χ3v) is 12.2. The van der Waals surface area contributed by atoms with E-state index in [-0.39, 0.29) is 11.9 Å². The Balaban J connectivity index is 1.20. The number of carbonyl (C=O) groups is 2. The second kappa shape index (κ2) is 14.1. The van der Waals surface area contributed by atoms with E-state index in [0.717, 1.165) is 38.8 Å². The third kappa shape index (κ3) is 6.21. The molecule has 3 heterocycles. The number of ether oxygens (including phenoxy) is 5. The van der Waals surface area contributed by atoms with E-state index >= 15 is 4.79 Å². The van der Waals surface area contributed by atoms with Gasteiger partial charge in [-0.05, 0) is 65.6 Å². The topological polar surface area (TPSA) is 86.8 Å². The SMILES string of the molecule is COc1ccc(COCCCN2C(=O)[C@H](Sc3ccccc3)[C@@]34c5ccccc5N(Cc5ccc(OC)cc5)[C@H]3C3=C(C[C@H]24)OC(C)(C)OC3=O)cc1. The molecule has 1 spiro atoms. The summed E-state index contributed by atoms with van der Waals surface area (Å²) in [6, 6.07) is 33.5. The van der Waals surface area contributed by atoms with Gasteiger partial charge in [-0.3, -0.25) is 4.79 Å². The first-order valence-electron chi connectivity index (χ1n) is 18.1. The maximum atomic E-state index is 15.2. The summed E-state index contributed by atoms with van der Waals surface area (Å²) in [5.74, 6) is 0.694. The zero-order chi connectivity index (χ0) is 36.7. The van der Waals surface area contributed by atoms with E-state index in [4.69, 9.17) is 23.7 Å². The number of likely N-dealkylation sites (tertiary alicyclic amines) is 1. The molecule has 4 atom stereocenters. The van der Waals surface area contributed by atoms with E-state index in [1.165, 1.54) is 0 Å². The van der Waals surface area contributed by atoms with Crippen molar-refractivity contribution >= 4 is 29.3 Å². The molecule has 0 bridgehead atoms. The lowest BCUT2D eigenvalue weighted by Crippen LogP contribution is -2.62. The minimum atomic E-state index is -1.14. The van der Waals surface area contributed by atoms with Crippen molar-refractivity contribution in [1.82, 2.24) is 4.90 Å². The van der Waals surface area contributed by atoms with Gasteiger partial charge in [0.1, 0.15) is 22.5 Å². The van der Waals surface area contributed by atoms with Gasteiger partial charge in [-0.15, -0.1) is 11.8 Å². The second-order valence-electron chi connectivity index (χ2n) is 14.4. The monoisotopic (exact) mass is 732 g/mol. The Hall–Kier alpha value is -4.93. The Morgan fingerprint density at radius 2 is 1.45 bits per heavy atom. The lowest BCUT2D eigenvalue weighted by molar-refractivity contribution is -0.211. The molecule has 8 rings (SSSR count). The summed E-state index contributed by atoms with van der Waals surface area (Å²) in [4.78, 5) is 34.8. The van der Waals surface area contributed by atoms with Gasteiger partial charge in [0.15, 0.2) is 0 Å². The van der Waals surface area contributed by atoms with Crippen molar-refractivity contribution < 1.29 is 33.3 Å². The molecule has 3 aliphatic heterocycles. The number of cyclic esters (lactones) is 1. The molecule has 1 fully saturated rings. The number of thioether (sulfide) groups is 1. The summed E-state index contributed by atoms with van der Waals surface area (Å²) in [6.45, 7) is 5.49. The number of para-hydroxylation sites is 1. The fourth-order valence-electron chi connectivity index (χ4n) is 8.65. The van der Waals surface area contributed by atoms with Gasteiger partial charge in [-0.1, -0.05) is 60.7 Å². The average molecular weight is 733 g/mol. The molecule has 0 saturated carbocycles. The molecule has 4 aliphatic rings. The zero-order valence-corrected chi connectivity index (χ0v) is 31.3. The summed E-state index contributed by atoms with van der Waals surface area (Å²) < 4.78 is 29.4. The molecule has 0 aromatic heterocycles. The average Bonchev–Trinajstić information content (AvgIpc) is 3.57. The first-order chi connectivity index (χ1) is 25.7. The van der Waals surface area contributed by atoms with Crippen LogP contribution in [0.25, 0.3) is 0 Å². The van der Waals surface area contributed by atoms with Gasteiger partial charge >= 0.3 is 5.97 Å². The molecule has 1 saturated heterocycles. The van der Waals surface area contributed by atoms with Crippen LogP contribution >= 0.6 is 11.8 Å². The minimum Gasteiger partial charge on any atom is -0.497 e. The van der Waals surface area contributed by atoms with Crippen LogP contribution in [0.15, 0.2) is 119 Å². The maximum Gasteiger partial charge on any atom is 0.342 e. The molecule has 1 amide bonds. The molecule has 0 unspecified atom stereocenters. The maximum absolute atomic E-state index is 15.2. The molecular formula is C43H44N2O7S. The van der Waals surface area contributed by atoms with Gasteiger partial charge < -0.3 is 33.5 Å². The number of hydrogen-bond acceptors (Lipinski definition) is 9. The van der Waals surface area contributed by atoms with Crippen molar-refractivity contribution in [3.63, 3.8) is 0 Å². The van der Waals surface area contributed by atoms with Crippen molar-refractivity contribution in [1.29, 1.82) is 0 Å². The number of esters is 1. The van der Waals surface area contributed by atoms with Crippen molar-refractivity contribution in [2.24, 2.45) is 0 Å². The van der Waals surface area contributed by atoms with E-state index in [1.54, 1.807) is 39.8 Å². The Morgan fingerprint density at radius 1 is 0.792 bits per heavy atom. The Kier molecular flexibility index (Phi) is 9.37. The van der Waals surface area contributed by atoms with Crippen LogP contribution in [0.4, 0.5) is 5.69 Å². The predicted octanol–water partition coefficient (Wildman–Crippen LogP) is 7.28. The summed E-state index contributed by atoms with van der Waals surface area (Å²) >= 11 is 1.59. The largest absolute Gasteiger partial charge is 0.497 e. The van der Waals surface area contributed by atoms with Crippen LogP contribution in [-0.4, -0.2) is 67.3 Å². The predicted molar refractivity (Wildman–Crippen MR) is 203 cm³/mol. The Morgan fingerprint density at radius 3 is 2.15 bits per heavy atom. The molecule has 274 valence electrons. The highest BCUT2D eigenvalue weighted by Gasteiger charge is 2.72. The lowest BCUT2D eigenvalue weighted by atomic mass is 9.63. The molecule has 4 aromatic carbocycles. The Labute approximate surface area is 314 Å². The smallest absolute Gasteiger partial charge is 0.342 e. The van der Waals surface area contributed by atoms with Crippen LogP contribution in [0.1, 0.15) is 43.4 Å². The number of methoxy groups -OCH3 is 2.